The van der Waals surface area contributed by atoms with Crippen LogP contribution < -0.4 is 0 Å². The second kappa shape index (κ2) is 11.1. The summed E-state index contributed by atoms with van der Waals surface area (Å²) >= 11 is 0. The Morgan fingerprint density at radius 2 is 1.43 bits per heavy atom. The summed E-state index contributed by atoms with van der Waals surface area (Å²) < 4.78 is 2.42. The molecule has 35 heavy (non-hydrogen) atoms. The third-order valence-corrected chi connectivity index (χ3v) is 6.32. The molecule has 0 radical (unpaired) electrons. The topological polar surface area (TPSA) is 98.9 Å². The Morgan fingerprint density at radius 3 is 2.06 bits per heavy atom. The van der Waals surface area contributed by atoms with Crippen LogP contribution in [-0.2, 0) is 29.2 Å². The number of carboxylic acid groups (broad SMARTS) is 2. The van der Waals surface area contributed by atoms with E-state index in [-0.39, 0.29) is 0 Å². The SMILES string of the molecule is CCn1c2ccccc2c2cc(CN3CCN(Cc4ccccn4)CC3)ccc21.O=C(O)C(=O)O. The third-order valence-electron chi connectivity index (χ3n) is 6.32. The molecule has 0 unspecified atom stereocenters. The normalized spacial score (nSPS) is 14.5. The maximum absolute atomic E-state index is 9.10. The van der Waals surface area contributed by atoms with Crippen molar-refractivity contribution in [3.05, 3.63) is 78.1 Å². The number of fused-ring (bicyclic) bond motifs is 3. The predicted molar refractivity (Wildman–Crippen MR) is 135 cm³/mol. The summed E-state index contributed by atoms with van der Waals surface area (Å²) in [5, 5.41) is 17.5. The largest absolute Gasteiger partial charge is 0.473 e. The highest BCUT2D eigenvalue weighted by Gasteiger charge is 2.18. The van der Waals surface area contributed by atoms with Gasteiger partial charge in [0, 0.05) is 73.8 Å². The van der Waals surface area contributed by atoms with Crippen molar-refractivity contribution in [2.24, 2.45) is 0 Å². The van der Waals surface area contributed by atoms with Gasteiger partial charge in [0.15, 0.2) is 0 Å². The second-order valence-corrected chi connectivity index (χ2v) is 8.60. The number of hydrogen-bond donors (Lipinski definition) is 2. The van der Waals surface area contributed by atoms with Gasteiger partial charge in [-0.2, -0.15) is 0 Å². The second-order valence-electron chi connectivity index (χ2n) is 8.60. The molecule has 2 aromatic carbocycles. The highest BCUT2D eigenvalue weighted by molar-refractivity contribution is 6.27. The lowest BCUT2D eigenvalue weighted by Crippen LogP contribution is -2.45. The Hall–Kier alpha value is -3.75. The lowest BCUT2D eigenvalue weighted by molar-refractivity contribution is -0.159. The van der Waals surface area contributed by atoms with Gasteiger partial charge < -0.3 is 14.8 Å². The number of benzene rings is 2. The lowest BCUT2D eigenvalue weighted by Gasteiger charge is -2.34. The first-order valence-corrected chi connectivity index (χ1v) is 11.8. The van der Waals surface area contributed by atoms with Crippen LogP contribution in [0.25, 0.3) is 21.8 Å². The van der Waals surface area contributed by atoms with E-state index in [2.05, 4.69) is 80.9 Å². The monoisotopic (exact) mass is 474 g/mol. The van der Waals surface area contributed by atoms with Crippen LogP contribution in [0.1, 0.15) is 18.2 Å². The first-order chi connectivity index (χ1) is 17.0. The molecule has 4 aromatic rings. The van der Waals surface area contributed by atoms with Crippen molar-refractivity contribution in [2.45, 2.75) is 26.6 Å². The van der Waals surface area contributed by atoms with E-state index in [1.807, 2.05) is 12.3 Å². The standard InChI is InChI=1S/C25H28N4.C2H2O4/c1-2-29-24-9-4-3-8-22(24)23-17-20(10-11-25(23)29)18-27-13-15-28(16-14-27)19-21-7-5-6-12-26-21;3-1(4)2(5)6/h3-12,17H,2,13-16,18-19H2,1H3;(H,3,4)(H,5,6). The number of aliphatic carboxylic acids is 2. The average Bonchev–Trinajstić information content (AvgIpc) is 3.19. The van der Waals surface area contributed by atoms with E-state index in [1.165, 1.54) is 33.1 Å². The summed E-state index contributed by atoms with van der Waals surface area (Å²) in [7, 11) is 0. The number of hydrogen-bond acceptors (Lipinski definition) is 5. The Labute approximate surface area is 204 Å². The van der Waals surface area contributed by atoms with E-state index in [4.69, 9.17) is 19.8 Å². The van der Waals surface area contributed by atoms with Gasteiger partial charge in [-0.15, -0.1) is 0 Å². The van der Waals surface area contributed by atoms with E-state index in [9.17, 15) is 0 Å². The average molecular weight is 475 g/mol. The van der Waals surface area contributed by atoms with Crippen molar-refractivity contribution in [1.29, 1.82) is 0 Å². The van der Waals surface area contributed by atoms with E-state index < -0.39 is 11.9 Å². The van der Waals surface area contributed by atoms with Crippen molar-refractivity contribution in [3.8, 4) is 0 Å². The summed E-state index contributed by atoms with van der Waals surface area (Å²) in [6.07, 6.45) is 1.89. The van der Waals surface area contributed by atoms with Crippen LogP contribution in [0, 0.1) is 0 Å². The van der Waals surface area contributed by atoms with Gasteiger partial charge in [0.2, 0.25) is 0 Å². The number of carbonyl (C=O) groups is 2. The number of piperazine rings is 1. The first-order valence-electron chi connectivity index (χ1n) is 11.8. The molecule has 0 bridgehead atoms. The van der Waals surface area contributed by atoms with Crippen molar-refractivity contribution in [3.63, 3.8) is 0 Å². The van der Waals surface area contributed by atoms with Crippen molar-refractivity contribution >= 4 is 33.7 Å². The Balaban J connectivity index is 0.000000431. The Bertz CT molecular complexity index is 1300. The van der Waals surface area contributed by atoms with Crippen LogP contribution in [0.2, 0.25) is 0 Å². The Kier molecular flexibility index (Phi) is 7.74. The molecule has 1 fully saturated rings. The number of pyridine rings is 1. The first kappa shape index (κ1) is 24.4. The molecule has 0 atom stereocenters. The molecule has 182 valence electrons. The van der Waals surface area contributed by atoms with Crippen LogP contribution in [-0.4, -0.2) is 67.7 Å². The fraction of sp³-hybridized carbons (Fsp3) is 0.296. The van der Waals surface area contributed by atoms with Crippen LogP contribution in [0.4, 0.5) is 0 Å². The van der Waals surface area contributed by atoms with Crippen molar-refractivity contribution in [2.75, 3.05) is 26.2 Å². The highest BCUT2D eigenvalue weighted by atomic mass is 16.4. The van der Waals surface area contributed by atoms with Gasteiger partial charge in [0.1, 0.15) is 0 Å². The summed E-state index contributed by atoms with van der Waals surface area (Å²) in [5.74, 6) is -3.65. The zero-order chi connectivity index (χ0) is 24.8. The van der Waals surface area contributed by atoms with E-state index >= 15 is 0 Å². The van der Waals surface area contributed by atoms with Crippen LogP contribution in [0.3, 0.4) is 0 Å². The predicted octanol–water partition coefficient (Wildman–Crippen LogP) is 3.68. The minimum absolute atomic E-state index is 0.956. The van der Waals surface area contributed by atoms with Crippen molar-refractivity contribution < 1.29 is 19.8 Å². The molecule has 2 N–H and O–H groups in total. The number of para-hydroxylation sites is 1. The molecule has 0 amide bonds. The van der Waals surface area contributed by atoms with Gasteiger partial charge >= 0.3 is 11.9 Å². The van der Waals surface area contributed by atoms with E-state index in [1.54, 1.807) is 0 Å². The zero-order valence-electron chi connectivity index (χ0n) is 19.8. The van der Waals surface area contributed by atoms with Gasteiger partial charge in [-0.1, -0.05) is 30.3 Å². The third kappa shape index (κ3) is 5.85. The minimum atomic E-state index is -1.82. The molecule has 0 aliphatic carbocycles. The summed E-state index contributed by atoms with van der Waals surface area (Å²) in [4.78, 5) is 27.8. The maximum atomic E-state index is 9.10. The molecule has 5 rings (SSSR count). The van der Waals surface area contributed by atoms with E-state index in [0.717, 1.165) is 45.8 Å². The fourth-order valence-corrected chi connectivity index (χ4v) is 4.62. The van der Waals surface area contributed by atoms with Crippen LogP contribution in [0.5, 0.6) is 0 Å². The van der Waals surface area contributed by atoms with Gasteiger partial charge in [-0.25, -0.2) is 9.59 Å². The fourth-order valence-electron chi connectivity index (χ4n) is 4.62. The molecule has 3 heterocycles. The van der Waals surface area contributed by atoms with E-state index in [0.29, 0.717) is 0 Å². The molecule has 1 aliphatic rings. The molecule has 2 aromatic heterocycles. The molecule has 0 spiro atoms. The van der Waals surface area contributed by atoms with Crippen LogP contribution >= 0.6 is 0 Å². The quantitative estimate of drug-likeness (QED) is 0.426. The number of aryl methyl sites for hydroxylation is 1. The number of aromatic nitrogens is 2. The molecule has 0 saturated carbocycles. The number of carboxylic acids is 2. The smallest absolute Gasteiger partial charge is 0.414 e. The molecular weight excluding hydrogens is 444 g/mol. The molecule has 1 aliphatic heterocycles. The van der Waals surface area contributed by atoms with Gasteiger partial charge in [-0.05, 0) is 42.8 Å². The minimum Gasteiger partial charge on any atom is -0.473 e. The number of rotatable bonds is 5. The molecule has 8 heteroatoms. The van der Waals surface area contributed by atoms with Crippen LogP contribution in [0.15, 0.2) is 66.9 Å². The Morgan fingerprint density at radius 1 is 0.800 bits per heavy atom. The van der Waals surface area contributed by atoms with Crippen molar-refractivity contribution in [1.82, 2.24) is 19.4 Å². The molecular formula is C27H30N4O4. The zero-order valence-corrected chi connectivity index (χ0v) is 19.8. The molecule has 8 nitrogen and oxygen atoms in total. The maximum Gasteiger partial charge on any atom is 0.414 e. The highest BCUT2D eigenvalue weighted by Crippen LogP contribution is 2.30. The van der Waals surface area contributed by atoms with Gasteiger partial charge in [0.25, 0.3) is 0 Å². The summed E-state index contributed by atoms with van der Waals surface area (Å²) in [6, 6.07) is 22.0. The number of nitrogens with zero attached hydrogens (tertiary/aromatic N) is 4. The lowest BCUT2D eigenvalue weighted by atomic mass is 10.1. The molecule has 1 saturated heterocycles. The van der Waals surface area contributed by atoms with Gasteiger partial charge in [-0.3, -0.25) is 14.8 Å². The summed E-state index contributed by atoms with van der Waals surface area (Å²) in [5.41, 5.74) is 5.26. The van der Waals surface area contributed by atoms with Gasteiger partial charge in [0.05, 0.1) is 5.69 Å². The summed E-state index contributed by atoms with van der Waals surface area (Å²) in [6.45, 7) is 9.65.